The fourth-order valence-corrected chi connectivity index (χ4v) is 3.64. The predicted octanol–water partition coefficient (Wildman–Crippen LogP) is 4.42. The second-order valence-electron chi connectivity index (χ2n) is 7.52. The second-order valence-corrected chi connectivity index (χ2v) is 8.52. The first-order valence-electron chi connectivity index (χ1n) is 8.88. The first-order chi connectivity index (χ1) is 13.7. The van der Waals surface area contributed by atoms with Gasteiger partial charge in [-0.05, 0) is 40.9 Å². The summed E-state index contributed by atoms with van der Waals surface area (Å²) in [6.07, 6.45) is 1.52. The maximum atomic E-state index is 12.8. The van der Waals surface area contributed by atoms with Gasteiger partial charge < -0.3 is 9.88 Å². The van der Waals surface area contributed by atoms with E-state index in [1.54, 1.807) is 23.7 Å². The number of aryl methyl sites for hydroxylation is 1. The van der Waals surface area contributed by atoms with Crippen LogP contribution in [0.1, 0.15) is 36.7 Å². The summed E-state index contributed by atoms with van der Waals surface area (Å²) >= 11 is 1.12. The minimum Gasteiger partial charge on any atom is -0.322 e. The van der Waals surface area contributed by atoms with Gasteiger partial charge in [0.25, 0.3) is 11.6 Å². The summed E-state index contributed by atoms with van der Waals surface area (Å²) in [5.74, 6) is -0.403. The molecular formula is C20H21N5O3S. The Morgan fingerprint density at radius 2 is 1.93 bits per heavy atom. The van der Waals surface area contributed by atoms with Crippen molar-refractivity contribution in [3.63, 3.8) is 0 Å². The minimum atomic E-state index is -0.501. The van der Waals surface area contributed by atoms with Crippen molar-refractivity contribution in [2.24, 2.45) is 7.05 Å². The van der Waals surface area contributed by atoms with Crippen molar-refractivity contribution in [2.75, 3.05) is 5.32 Å². The lowest BCUT2D eigenvalue weighted by Crippen LogP contribution is -2.18. The third-order valence-corrected chi connectivity index (χ3v) is 5.39. The van der Waals surface area contributed by atoms with Gasteiger partial charge in [0.1, 0.15) is 6.33 Å². The fraction of sp³-hybridized carbons (Fsp3) is 0.250. The molecule has 9 heteroatoms. The van der Waals surface area contributed by atoms with Gasteiger partial charge in [0, 0.05) is 24.4 Å². The smallest absolute Gasteiger partial charge is 0.284 e. The van der Waals surface area contributed by atoms with Crippen molar-refractivity contribution in [1.29, 1.82) is 0 Å². The van der Waals surface area contributed by atoms with Gasteiger partial charge in [-0.1, -0.05) is 39.0 Å². The molecule has 0 atom stereocenters. The van der Waals surface area contributed by atoms with Crippen LogP contribution in [0.2, 0.25) is 0 Å². The zero-order valence-electron chi connectivity index (χ0n) is 16.5. The van der Waals surface area contributed by atoms with E-state index in [4.69, 9.17) is 0 Å². The Kier molecular flexibility index (Phi) is 5.69. The molecule has 3 aromatic rings. The number of hydrogen-bond acceptors (Lipinski definition) is 6. The van der Waals surface area contributed by atoms with Crippen LogP contribution in [0, 0.1) is 10.1 Å². The van der Waals surface area contributed by atoms with Crippen molar-refractivity contribution in [1.82, 2.24) is 14.8 Å². The van der Waals surface area contributed by atoms with Gasteiger partial charge >= 0.3 is 0 Å². The molecule has 2 aromatic carbocycles. The summed E-state index contributed by atoms with van der Waals surface area (Å²) in [5.41, 5.74) is 1.56. The van der Waals surface area contributed by atoms with Crippen molar-refractivity contribution < 1.29 is 9.72 Å². The van der Waals surface area contributed by atoms with Crippen LogP contribution in [0.15, 0.2) is 58.8 Å². The number of carbonyl (C=O) groups excluding carboxylic acids is 1. The van der Waals surface area contributed by atoms with Crippen LogP contribution in [0.3, 0.4) is 0 Å². The van der Waals surface area contributed by atoms with E-state index in [2.05, 4.69) is 36.3 Å². The highest BCUT2D eigenvalue weighted by Crippen LogP contribution is 2.35. The quantitative estimate of drug-likeness (QED) is 0.492. The largest absolute Gasteiger partial charge is 0.322 e. The molecule has 1 amide bonds. The predicted molar refractivity (Wildman–Crippen MR) is 111 cm³/mol. The molecule has 0 saturated heterocycles. The molecule has 0 aliphatic carbocycles. The SMILES string of the molecule is Cn1cnnc1Sc1ccc(C(=O)Nc2ccccc2C(C)(C)C)cc1[N+](=O)[O-]. The number of carbonyl (C=O) groups is 1. The lowest BCUT2D eigenvalue weighted by molar-refractivity contribution is -0.387. The zero-order valence-corrected chi connectivity index (χ0v) is 17.4. The Hall–Kier alpha value is -3.20. The number of amides is 1. The lowest BCUT2D eigenvalue weighted by atomic mass is 9.86. The molecule has 0 aliphatic rings. The standard InChI is InChI=1S/C20H21N5O3S/c1-20(2,3)14-7-5-6-8-15(14)22-18(26)13-9-10-17(16(11-13)25(27)28)29-19-23-21-12-24(19)4/h5-12H,1-4H3,(H,22,26). The molecular weight excluding hydrogens is 390 g/mol. The summed E-state index contributed by atoms with van der Waals surface area (Å²) < 4.78 is 1.67. The van der Waals surface area contributed by atoms with E-state index in [9.17, 15) is 14.9 Å². The van der Waals surface area contributed by atoms with E-state index in [0.29, 0.717) is 15.7 Å². The number of nitro benzene ring substituents is 1. The topological polar surface area (TPSA) is 103 Å². The van der Waals surface area contributed by atoms with E-state index in [-0.39, 0.29) is 16.7 Å². The molecule has 1 heterocycles. The van der Waals surface area contributed by atoms with Crippen LogP contribution in [0.4, 0.5) is 11.4 Å². The average Bonchev–Trinajstić information content (AvgIpc) is 3.06. The average molecular weight is 411 g/mol. The summed E-state index contributed by atoms with van der Waals surface area (Å²) in [7, 11) is 1.75. The first kappa shape index (κ1) is 20.5. The molecule has 1 aromatic heterocycles. The van der Waals surface area contributed by atoms with Crippen molar-refractivity contribution >= 4 is 29.0 Å². The highest BCUT2D eigenvalue weighted by Gasteiger charge is 2.22. The van der Waals surface area contributed by atoms with Gasteiger partial charge in [-0.25, -0.2) is 0 Å². The van der Waals surface area contributed by atoms with Gasteiger partial charge in [-0.2, -0.15) is 0 Å². The van der Waals surface area contributed by atoms with Gasteiger partial charge in [0.2, 0.25) is 0 Å². The van der Waals surface area contributed by atoms with Crippen molar-refractivity contribution in [3.8, 4) is 0 Å². The summed E-state index contributed by atoms with van der Waals surface area (Å²) in [5, 5.41) is 22.7. The molecule has 1 N–H and O–H groups in total. The Labute approximate surface area is 172 Å². The van der Waals surface area contributed by atoms with Crippen LogP contribution >= 0.6 is 11.8 Å². The molecule has 29 heavy (non-hydrogen) atoms. The monoisotopic (exact) mass is 411 g/mol. The Bertz CT molecular complexity index is 1070. The first-order valence-corrected chi connectivity index (χ1v) is 9.69. The third kappa shape index (κ3) is 4.62. The highest BCUT2D eigenvalue weighted by atomic mass is 32.2. The molecule has 0 spiro atoms. The summed E-state index contributed by atoms with van der Waals surface area (Å²) in [4.78, 5) is 24.2. The van der Waals surface area contributed by atoms with E-state index in [1.807, 2.05) is 24.3 Å². The second kappa shape index (κ2) is 8.04. The third-order valence-electron chi connectivity index (χ3n) is 4.27. The number of rotatable bonds is 5. The van der Waals surface area contributed by atoms with Gasteiger partial charge in [0.15, 0.2) is 5.16 Å². The Morgan fingerprint density at radius 1 is 1.21 bits per heavy atom. The Balaban J connectivity index is 1.90. The van der Waals surface area contributed by atoms with E-state index >= 15 is 0 Å². The maximum absolute atomic E-state index is 12.8. The molecule has 0 fully saturated rings. The van der Waals surface area contributed by atoms with Gasteiger partial charge in [0.05, 0.1) is 9.82 Å². The number of nitro groups is 1. The molecule has 8 nitrogen and oxygen atoms in total. The molecule has 150 valence electrons. The lowest BCUT2D eigenvalue weighted by Gasteiger charge is -2.23. The number of nitrogens with zero attached hydrogens (tertiary/aromatic N) is 4. The van der Waals surface area contributed by atoms with Crippen LogP contribution in [0.5, 0.6) is 0 Å². The van der Waals surface area contributed by atoms with Crippen LogP contribution in [0.25, 0.3) is 0 Å². The molecule has 3 rings (SSSR count). The number of benzene rings is 2. The van der Waals surface area contributed by atoms with E-state index in [1.165, 1.54) is 12.4 Å². The highest BCUT2D eigenvalue weighted by molar-refractivity contribution is 7.99. The van der Waals surface area contributed by atoms with Crippen molar-refractivity contribution in [3.05, 3.63) is 70.0 Å². The molecule has 0 saturated carbocycles. The van der Waals surface area contributed by atoms with Crippen LogP contribution < -0.4 is 5.32 Å². The molecule has 0 radical (unpaired) electrons. The molecule has 0 bridgehead atoms. The van der Waals surface area contributed by atoms with Gasteiger partial charge in [-0.3, -0.25) is 14.9 Å². The normalized spacial score (nSPS) is 11.3. The van der Waals surface area contributed by atoms with Crippen LogP contribution in [-0.4, -0.2) is 25.6 Å². The Morgan fingerprint density at radius 3 is 2.55 bits per heavy atom. The van der Waals surface area contributed by atoms with Gasteiger partial charge in [-0.15, -0.1) is 10.2 Å². The van der Waals surface area contributed by atoms with E-state index in [0.717, 1.165) is 17.3 Å². The van der Waals surface area contributed by atoms with Crippen LogP contribution in [-0.2, 0) is 12.5 Å². The summed E-state index contributed by atoms with van der Waals surface area (Å²) in [6.45, 7) is 6.17. The number of para-hydroxylation sites is 1. The number of nitrogens with one attached hydrogen (secondary N) is 1. The maximum Gasteiger partial charge on any atom is 0.284 e. The zero-order chi connectivity index (χ0) is 21.2. The number of aromatic nitrogens is 3. The number of hydrogen-bond donors (Lipinski definition) is 1. The number of anilines is 1. The van der Waals surface area contributed by atoms with E-state index < -0.39 is 10.8 Å². The fourth-order valence-electron chi connectivity index (χ4n) is 2.79. The van der Waals surface area contributed by atoms with Crippen molar-refractivity contribution in [2.45, 2.75) is 36.2 Å². The minimum absolute atomic E-state index is 0.158. The molecule has 0 unspecified atom stereocenters. The summed E-state index contributed by atoms with van der Waals surface area (Å²) in [6, 6.07) is 12.0. The molecule has 0 aliphatic heterocycles.